The van der Waals surface area contributed by atoms with Gasteiger partial charge in [-0.15, -0.1) is 11.8 Å². The zero-order chi connectivity index (χ0) is 24.2. The molecule has 4 rings (SSSR count). The van der Waals surface area contributed by atoms with Crippen molar-refractivity contribution in [2.24, 2.45) is 7.05 Å². The van der Waals surface area contributed by atoms with Crippen LogP contribution in [0.2, 0.25) is 0 Å². The first kappa shape index (κ1) is 23.9. The third-order valence-corrected chi connectivity index (χ3v) is 6.77. The Kier molecular flexibility index (Phi) is 7.24. The number of ether oxygens (including phenoxy) is 1. The normalized spacial score (nSPS) is 11.3. The fourth-order valence-electron chi connectivity index (χ4n) is 4.20. The van der Waals surface area contributed by atoms with Crippen molar-refractivity contribution in [1.29, 1.82) is 0 Å². The van der Waals surface area contributed by atoms with Gasteiger partial charge in [0.15, 0.2) is 0 Å². The predicted octanol–water partition coefficient (Wildman–Crippen LogP) is 5.48. The molecule has 0 bridgehead atoms. The van der Waals surface area contributed by atoms with E-state index in [1.165, 1.54) is 0 Å². The molecule has 0 atom stereocenters. The number of esters is 1. The first-order valence-electron chi connectivity index (χ1n) is 11.2. The molecule has 0 amide bonds. The molecule has 2 aromatic carbocycles. The second-order valence-electron chi connectivity index (χ2n) is 8.32. The highest BCUT2D eigenvalue weighted by atomic mass is 32.2. The summed E-state index contributed by atoms with van der Waals surface area (Å²) in [6, 6.07) is 15.8. The summed E-state index contributed by atoms with van der Waals surface area (Å²) < 4.78 is 7.55. The lowest BCUT2D eigenvalue weighted by molar-refractivity contribution is 0.0527. The van der Waals surface area contributed by atoms with Gasteiger partial charge in [-0.05, 0) is 56.9 Å². The highest BCUT2D eigenvalue weighted by molar-refractivity contribution is 7.98. The summed E-state index contributed by atoms with van der Waals surface area (Å²) >= 11 is 1.67. The lowest BCUT2D eigenvalue weighted by Crippen LogP contribution is -2.13. The molecule has 6 nitrogen and oxygen atoms in total. The Morgan fingerprint density at radius 2 is 1.85 bits per heavy atom. The van der Waals surface area contributed by atoms with Crippen LogP contribution in [0, 0.1) is 0 Å². The van der Waals surface area contributed by atoms with E-state index in [0.29, 0.717) is 29.0 Å². The van der Waals surface area contributed by atoms with Gasteiger partial charge in [-0.25, -0.2) is 4.79 Å². The average molecular weight is 476 g/mol. The van der Waals surface area contributed by atoms with E-state index in [-0.39, 0.29) is 18.3 Å². The maximum atomic E-state index is 13.3. The lowest BCUT2D eigenvalue weighted by atomic mass is 9.96. The molecule has 0 radical (unpaired) electrons. The molecule has 0 aliphatic rings. The number of hydrogen-bond acceptors (Lipinski definition) is 6. The topological polar surface area (TPSA) is 67.6 Å². The molecule has 2 aromatic heterocycles. The molecule has 0 saturated heterocycles. The second kappa shape index (κ2) is 10.3. The molecule has 1 N–H and O–H groups in total. The minimum absolute atomic E-state index is 0.172. The zero-order valence-electron chi connectivity index (χ0n) is 19.9. The fourth-order valence-corrected chi connectivity index (χ4v) is 5.19. The minimum Gasteiger partial charge on any atom is -0.507 e. The monoisotopic (exact) mass is 475 g/mol. The number of aromatic hydroxyl groups is 1. The average Bonchev–Trinajstić information content (AvgIpc) is 3.12. The molecule has 34 heavy (non-hydrogen) atoms. The van der Waals surface area contributed by atoms with Crippen molar-refractivity contribution < 1.29 is 14.6 Å². The Balaban J connectivity index is 1.98. The zero-order valence-corrected chi connectivity index (χ0v) is 20.7. The number of pyridine rings is 1. The van der Waals surface area contributed by atoms with Crippen molar-refractivity contribution >= 4 is 28.6 Å². The van der Waals surface area contributed by atoms with Gasteiger partial charge >= 0.3 is 5.97 Å². The molecular weight excluding hydrogens is 446 g/mol. The van der Waals surface area contributed by atoms with Crippen LogP contribution in [-0.2, 0) is 24.1 Å². The number of carbonyl (C=O) groups excluding carboxylic acids is 1. The minimum atomic E-state index is -0.368. The maximum Gasteiger partial charge on any atom is 0.340 e. The number of carbonyl (C=O) groups is 1. The summed E-state index contributed by atoms with van der Waals surface area (Å²) in [7, 11) is 5.87. The molecule has 176 valence electrons. The quantitative estimate of drug-likeness (QED) is 0.269. The van der Waals surface area contributed by atoms with Gasteiger partial charge in [-0.1, -0.05) is 18.2 Å². The third-order valence-electron chi connectivity index (χ3n) is 5.75. The van der Waals surface area contributed by atoms with Crippen LogP contribution in [0.1, 0.15) is 28.5 Å². The predicted molar refractivity (Wildman–Crippen MR) is 137 cm³/mol. The van der Waals surface area contributed by atoms with Crippen molar-refractivity contribution in [3.05, 3.63) is 77.7 Å². The number of fused-ring (bicyclic) bond motifs is 1. The van der Waals surface area contributed by atoms with E-state index in [4.69, 9.17) is 4.74 Å². The van der Waals surface area contributed by atoms with Crippen molar-refractivity contribution in [3.8, 4) is 16.9 Å². The third kappa shape index (κ3) is 4.67. The molecule has 0 aliphatic carbocycles. The van der Waals surface area contributed by atoms with E-state index in [0.717, 1.165) is 27.1 Å². The van der Waals surface area contributed by atoms with Gasteiger partial charge < -0.3 is 19.3 Å². The van der Waals surface area contributed by atoms with Gasteiger partial charge in [0, 0.05) is 58.8 Å². The van der Waals surface area contributed by atoms with Crippen molar-refractivity contribution in [2.45, 2.75) is 24.1 Å². The fraction of sp³-hybridized carbons (Fsp3) is 0.259. The van der Waals surface area contributed by atoms with Crippen LogP contribution in [0.15, 0.2) is 65.8 Å². The van der Waals surface area contributed by atoms with Crippen LogP contribution in [0.25, 0.3) is 22.0 Å². The Bertz CT molecular complexity index is 1300. The van der Waals surface area contributed by atoms with Gasteiger partial charge in [0.2, 0.25) is 0 Å². The number of nitrogens with zero attached hydrogens (tertiary/aromatic N) is 3. The van der Waals surface area contributed by atoms with Gasteiger partial charge in [-0.3, -0.25) is 4.98 Å². The maximum absolute atomic E-state index is 13.3. The van der Waals surface area contributed by atoms with Crippen molar-refractivity contribution in [2.75, 3.05) is 20.7 Å². The second-order valence-corrected chi connectivity index (χ2v) is 9.37. The van der Waals surface area contributed by atoms with Gasteiger partial charge in [-0.2, -0.15) is 0 Å². The molecule has 0 unspecified atom stereocenters. The summed E-state index contributed by atoms with van der Waals surface area (Å²) in [5.41, 5.74) is 4.57. The number of hydrogen-bond donors (Lipinski definition) is 1. The van der Waals surface area contributed by atoms with E-state index in [2.05, 4.69) is 21.7 Å². The van der Waals surface area contributed by atoms with Crippen LogP contribution in [0.3, 0.4) is 0 Å². The summed E-state index contributed by atoms with van der Waals surface area (Å²) in [5, 5.41) is 12.2. The molecule has 0 spiro atoms. The first-order chi connectivity index (χ1) is 16.4. The first-order valence-corrected chi connectivity index (χ1v) is 12.2. The smallest absolute Gasteiger partial charge is 0.340 e. The van der Waals surface area contributed by atoms with Gasteiger partial charge in [0.25, 0.3) is 0 Å². The molecule has 7 heteroatoms. The lowest BCUT2D eigenvalue weighted by Gasteiger charge is -2.17. The van der Waals surface area contributed by atoms with E-state index in [9.17, 15) is 9.90 Å². The van der Waals surface area contributed by atoms with E-state index >= 15 is 0 Å². The number of phenolic OH excluding ortho intramolecular Hbond substituents is 1. The van der Waals surface area contributed by atoms with Gasteiger partial charge in [0.1, 0.15) is 5.75 Å². The summed E-state index contributed by atoms with van der Waals surface area (Å²) in [5.74, 6) is 0.398. The standard InChI is InChI=1S/C27H29N3O3S/c1-5-33-27(32)25-23(17-34-19-9-7-6-8-10-19)30(4)22-15-20(18-11-13-28-14-12-18)26(31)21(24(22)25)16-29(2)3/h6-15,31H,5,16-17H2,1-4H3. The van der Waals surface area contributed by atoms with Crippen LogP contribution < -0.4 is 0 Å². The summed E-state index contributed by atoms with van der Waals surface area (Å²) in [6.07, 6.45) is 3.42. The van der Waals surface area contributed by atoms with Gasteiger partial charge in [0.05, 0.1) is 17.7 Å². The summed E-state index contributed by atoms with van der Waals surface area (Å²) in [6.45, 7) is 2.56. The highest BCUT2D eigenvalue weighted by Crippen LogP contribution is 2.42. The molecular formula is C27H29N3O3S. The SMILES string of the molecule is CCOC(=O)c1c(CSc2ccccc2)n(C)c2cc(-c3ccncc3)c(O)c(CN(C)C)c12. The number of aryl methyl sites for hydroxylation is 1. The molecule has 0 saturated carbocycles. The molecule has 0 aliphatic heterocycles. The Hall–Kier alpha value is -3.29. The van der Waals surface area contributed by atoms with Crippen LogP contribution in [-0.4, -0.2) is 46.2 Å². The van der Waals surface area contributed by atoms with Crippen molar-refractivity contribution in [1.82, 2.24) is 14.5 Å². The Labute approximate surface area is 204 Å². The van der Waals surface area contributed by atoms with E-state index < -0.39 is 0 Å². The number of aromatic nitrogens is 2. The van der Waals surface area contributed by atoms with E-state index in [1.807, 2.05) is 62.4 Å². The molecule has 4 aromatic rings. The van der Waals surface area contributed by atoms with Crippen LogP contribution >= 0.6 is 11.8 Å². The summed E-state index contributed by atoms with van der Waals surface area (Å²) in [4.78, 5) is 20.5. The van der Waals surface area contributed by atoms with Crippen molar-refractivity contribution in [3.63, 3.8) is 0 Å². The molecule has 2 heterocycles. The number of benzene rings is 2. The Morgan fingerprint density at radius 1 is 1.15 bits per heavy atom. The van der Waals surface area contributed by atoms with E-state index in [1.54, 1.807) is 31.1 Å². The number of phenols is 1. The largest absolute Gasteiger partial charge is 0.507 e. The van der Waals surface area contributed by atoms with Crippen LogP contribution in [0.4, 0.5) is 0 Å². The van der Waals surface area contributed by atoms with Crippen LogP contribution in [0.5, 0.6) is 5.75 Å². The molecule has 0 fully saturated rings. The highest BCUT2D eigenvalue weighted by Gasteiger charge is 2.28. The number of rotatable bonds is 8. The Morgan fingerprint density at radius 3 is 2.50 bits per heavy atom. The number of thioether (sulfide) groups is 1.